The molecule has 3 saturated carbocycles. The zero-order valence-electron chi connectivity index (χ0n) is 14.3. The molecule has 3 fully saturated rings. The average Bonchev–Trinajstić information content (AvgIpc) is 2.58. The van der Waals surface area contributed by atoms with Crippen LogP contribution >= 0.6 is 0 Å². The van der Waals surface area contributed by atoms with Crippen molar-refractivity contribution in [3.8, 4) is 0 Å². The average molecular weight is 339 g/mol. The SMILES string of the molecule is C1CCC([SiH2][SiH2][SiH](C2CCCCC2)C2CCCCC2)CC1. The van der Waals surface area contributed by atoms with Crippen LogP contribution in [0.15, 0.2) is 0 Å². The van der Waals surface area contributed by atoms with E-state index in [-0.39, 0.29) is 8.31 Å². The molecule has 0 bridgehead atoms. The maximum Gasteiger partial charge on any atom is 0.0274 e. The molecule has 0 aromatic carbocycles. The van der Waals surface area contributed by atoms with Gasteiger partial charge in [-0.25, -0.2) is 0 Å². The Bertz CT molecular complexity index is 258. The first kappa shape index (κ1) is 16.5. The summed E-state index contributed by atoms with van der Waals surface area (Å²) in [4.78, 5) is 0. The Kier molecular flexibility index (Phi) is 7.13. The second-order valence-electron chi connectivity index (χ2n) is 8.54. The third-order valence-electron chi connectivity index (χ3n) is 7.14. The minimum Gasteiger partial charge on any atom is -0.0542 e. The van der Waals surface area contributed by atoms with Gasteiger partial charge in [-0.05, 0) is 0 Å². The van der Waals surface area contributed by atoms with Crippen LogP contribution in [0.1, 0.15) is 96.3 Å². The van der Waals surface area contributed by atoms with Gasteiger partial charge in [0.2, 0.25) is 0 Å². The molecule has 21 heavy (non-hydrogen) atoms. The summed E-state index contributed by atoms with van der Waals surface area (Å²) in [6, 6.07) is 0. The van der Waals surface area contributed by atoms with Crippen molar-refractivity contribution in [3.63, 3.8) is 0 Å². The summed E-state index contributed by atoms with van der Waals surface area (Å²) in [6.45, 7) is 0. The minimum atomic E-state index is -0.267. The van der Waals surface area contributed by atoms with Gasteiger partial charge in [-0.2, -0.15) is 0 Å². The van der Waals surface area contributed by atoms with Crippen LogP contribution < -0.4 is 0 Å². The van der Waals surface area contributed by atoms with Gasteiger partial charge < -0.3 is 0 Å². The zero-order valence-corrected chi connectivity index (χ0v) is 18.3. The molecule has 0 unspecified atom stereocenters. The lowest BCUT2D eigenvalue weighted by Gasteiger charge is -2.37. The van der Waals surface area contributed by atoms with Crippen molar-refractivity contribution in [2.24, 2.45) is 0 Å². The van der Waals surface area contributed by atoms with E-state index in [1.165, 1.54) is 16.6 Å². The van der Waals surface area contributed by atoms with Crippen molar-refractivity contribution < 1.29 is 0 Å². The first-order chi connectivity index (χ1) is 10.4. The highest BCUT2D eigenvalue weighted by molar-refractivity contribution is 7.36. The smallest absolute Gasteiger partial charge is 0.0274 e. The Labute approximate surface area is 139 Å². The highest BCUT2D eigenvalue weighted by Crippen LogP contribution is 2.41. The summed E-state index contributed by atoms with van der Waals surface area (Å²) >= 11 is 0. The Balaban J connectivity index is 1.54. The van der Waals surface area contributed by atoms with E-state index < -0.39 is 0 Å². The lowest BCUT2D eigenvalue weighted by molar-refractivity contribution is 0.467. The third-order valence-corrected chi connectivity index (χ3v) is 32.0. The summed E-state index contributed by atoms with van der Waals surface area (Å²) in [5.74, 6) is 0. The normalized spacial score (nSPS) is 28.4. The first-order valence-electron chi connectivity index (χ1n) is 10.4. The summed E-state index contributed by atoms with van der Waals surface area (Å²) in [6.07, 6.45) is 24.5. The van der Waals surface area contributed by atoms with Crippen molar-refractivity contribution in [2.45, 2.75) is 113 Å². The van der Waals surface area contributed by atoms with Crippen molar-refractivity contribution in [1.82, 2.24) is 0 Å². The molecule has 0 saturated heterocycles. The molecule has 0 nitrogen and oxygen atoms in total. The van der Waals surface area contributed by atoms with E-state index in [1.54, 1.807) is 96.3 Å². The van der Waals surface area contributed by atoms with Gasteiger partial charge in [-0.1, -0.05) is 113 Å². The van der Waals surface area contributed by atoms with Gasteiger partial charge in [-0.3, -0.25) is 0 Å². The van der Waals surface area contributed by atoms with E-state index in [1.807, 2.05) is 0 Å². The standard InChI is InChI=1S/C18H38Si3/c1-4-10-16(11-5-1)19-20-21(17-12-6-2-7-13-17)18-14-8-3-9-15-18/h16-18,21H,1-15,19-20H2. The molecule has 3 aliphatic carbocycles. The maximum atomic E-state index is 1.69. The molecule has 3 heteroatoms. The van der Waals surface area contributed by atoms with Gasteiger partial charge in [0.1, 0.15) is 0 Å². The molecule has 0 aromatic rings. The molecule has 0 aromatic heterocycles. The largest absolute Gasteiger partial charge is 0.0542 e. The topological polar surface area (TPSA) is 0 Å². The molecule has 122 valence electrons. The van der Waals surface area contributed by atoms with Gasteiger partial charge >= 0.3 is 0 Å². The van der Waals surface area contributed by atoms with Crippen LogP contribution in [0.3, 0.4) is 0 Å². The van der Waals surface area contributed by atoms with Gasteiger partial charge in [0.05, 0.1) is 0 Å². The molecule has 3 aliphatic rings. The van der Waals surface area contributed by atoms with Crippen molar-refractivity contribution in [2.75, 3.05) is 0 Å². The minimum absolute atomic E-state index is 0.267. The number of hydrogen-bond donors (Lipinski definition) is 0. The van der Waals surface area contributed by atoms with Gasteiger partial charge in [0.25, 0.3) is 0 Å². The molecule has 0 atom stereocenters. The van der Waals surface area contributed by atoms with Crippen LogP contribution in [0.25, 0.3) is 0 Å². The Hall–Kier alpha value is 0.651. The predicted octanol–water partition coefficient (Wildman–Crippen LogP) is 4.38. The van der Waals surface area contributed by atoms with E-state index in [9.17, 15) is 0 Å². The molecular formula is C18H38Si3. The van der Waals surface area contributed by atoms with Crippen molar-refractivity contribution in [1.29, 1.82) is 0 Å². The fourth-order valence-corrected chi connectivity index (χ4v) is 38.4. The molecule has 0 aliphatic heterocycles. The van der Waals surface area contributed by atoms with E-state index >= 15 is 0 Å². The van der Waals surface area contributed by atoms with Gasteiger partial charge in [0.15, 0.2) is 0 Å². The number of hydrogen-bond acceptors (Lipinski definition) is 0. The lowest BCUT2D eigenvalue weighted by Crippen LogP contribution is -2.40. The highest BCUT2D eigenvalue weighted by Gasteiger charge is 2.33. The molecule has 0 amide bonds. The van der Waals surface area contributed by atoms with Crippen LogP contribution in [0.4, 0.5) is 0 Å². The molecule has 3 rings (SSSR count). The lowest BCUT2D eigenvalue weighted by atomic mass is 9.99. The van der Waals surface area contributed by atoms with E-state index in [0.29, 0.717) is 17.6 Å². The quantitative estimate of drug-likeness (QED) is 0.652. The summed E-state index contributed by atoms with van der Waals surface area (Å²) < 4.78 is 0. The van der Waals surface area contributed by atoms with Crippen LogP contribution in [-0.2, 0) is 0 Å². The van der Waals surface area contributed by atoms with Crippen molar-refractivity contribution >= 4 is 25.9 Å². The predicted molar refractivity (Wildman–Crippen MR) is 105 cm³/mol. The van der Waals surface area contributed by atoms with Crippen LogP contribution in [-0.4, -0.2) is 25.9 Å². The van der Waals surface area contributed by atoms with Crippen LogP contribution in [0.2, 0.25) is 16.6 Å². The molecular weight excluding hydrogens is 300 g/mol. The fraction of sp³-hybridized carbons (Fsp3) is 1.00. The van der Waals surface area contributed by atoms with E-state index in [0.717, 1.165) is 0 Å². The Morgan fingerprint density at radius 3 is 1.43 bits per heavy atom. The van der Waals surface area contributed by atoms with Crippen LogP contribution in [0.5, 0.6) is 0 Å². The second kappa shape index (κ2) is 9.07. The molecule has 0 spiro atoms. The zero-order chi connectivity index (χ0) is 14.3. The van der Waals surface area contributed by atoms with Crippen molar-refractivity contribution in [3.05, 3.63) is 0 Å². The van der Waals surface area contributed by atoms with Crippen LogP contribution in [0, 0.1) is 0 Å². The third kappa shape index (κ3) is 5.07. The van der Waals surface area contributed by atoms with E-state index in [2.05, 4.69) is 0 Å². The first-order valence-corrected chi connectivity index (χ1v) is 19.8. The highest BCUT2D eigenvalue weighted by atomic mass is 29.5. The second-order valence-corrected chi connectivity index (χ2v) is 25.6. The monoisotopic (exact) mass is 338 g/mol. The van der Waals surface area contributed by atoms with Gasteiger partial charge in [-0.15, -0.1) is 0 Å². The molecule has 0 heterocycles. The number of rotatable bonds is 5. The maximum absolute atomic E-state index is 1.69. The Morgan fingerprint density at radius 2 is 0.952 bits per heavy atom. The summed E-state index contributed by atoms with van der Waals surface area (Å²) in [7, 11) is 0.630. The summed E-state index contributed by atoms with van der Waals surface area (Å²) in [5, 5.41) is 0. The molecule has 0 N–H and O–H groups in total. The molecule has 0 radical (unpaired) electrons. The van der Waals surface area contributed by atoms with Gasteiger partial charge in [0, 0.05) is 25.9 Å². The fourth-order valence-electron chi connectivity index (χ4n) is 5.88. The summed E-state index contributed by atoms with van der Waals surface area (Å²) in [5.41, 5.74) is 4.04. The van der Waals surface area contributed by atoms with E-state index in [4.69, 9.17) is 0 Å². The Morgan fingerprint density at radius 1 is 0.524 bits per heavy atom.